The molecule has 0 spiro atoms. The van der Waals surface area contributed by atoms with Gasteiger partial charge >= 0.3 is 0 Å². The van der Waals surface area contributed by atoms with Gasteiger partial charge in [-0.05, 0) is 36.0 Å². The summed E-state index contributed by atoms with van der Waals surface area (Å²) in [4.78, 5) is 2.50. The van der Waals surface area contributed by atoms with Crippen LogP contribution in [0.25, 0.3) is 5.57 Å². The van der Waals surface area contributed by atoms with E-state index in [4.69, 9.17) is 9.47 Å². The second-order valence-corrected chi connectivity index (χ2v) is 6.51. The molecule has 0 fully saturated rings. The zero-order valence-corrected chi connectivity index (χ0v) is 14.3. The molecule has 2 aliphatic heterocycles. The van der Waals surface area contributed by atoms with E-state index < -0.39 is 0 Å². The van der Waals surface area contributed by atoms with Gasteiger partial charge in [0.1, 0.15) is 18.8 Å². The third-order valence-corrected chi connectivity index (χ3v) is 4.88. The highest BCUT2D eigenvalue weighted by atomic mass is 16.5. The minimum absolute atomic E-state index is 0.127. The fourth-order valence-electron chi connectivity index (χ4n) is 3.70. The van der Waals surface area contributed by atoms with Gasteiger partial charge in [0.2, 0.25) is 0 Å². The number of rotatable bonds is 4. The van der Waals surface area contributed by atoms with E-state index in [2.05, 4.69) is 59.5 Å². The lowest BCUT2D eigenvalue weighted by Crippen LogP contribution is -2.42. The van der Waals surface area contributed by atoms with Crippen molar-refractivity contribution in [1.82, 2.24) is 4.90 Å². The molecule has 0 saturated carbocycles. The van der Waals surface area contributed by atoms with E-state index in [1.54, 1.807) is 18.8 Å². The highest BCUT2D eigenvalue weighted by Gasteiger charge is 2.30. The van der Waals surface area contributed by atoms with Gasteiger partial charge in [-0.2, -0.15) is 0 Å². The second-order valence-electron chi connectivity index (χ2n) is 6.51. The summed E-state index contributed by atoms with van der Waals surface area (Å²) in [5.74, 6) is 0.873. The molecule has 4 rings (SSSR count). The van der Waals surface area contributed by atoms with Crippen LogP contribution in [0.1, 0.15) is 24.8 Å². The second kappa shape index (κ2) is 7.58. The number of nitrogens with zero attached hydrogens (tertiary/aromatic N) is 1. The van der Waals surface area contributed by atoms with E-state index in [0.717, 1.165) is 38.1 Å². The molecule has 0 bridgehead atoms. The molecule has 0 N–H and O–H groups in total. The Bertz CT molecular complexity index is 755. The summed E-state index contributed by atoms with van der Waals surface area (Å²) >= 11 is 0. The molecule has 0 radical (unpaired) electrons. The van der Waals surface area contributed by atoms with Gasteiger partial charge in [0.25, 0.3) is 0 Å². The fraction of sp³-hybridized carbons (Fsp3) is 0.273. The van der Waals surface area contributed by atoms with Gasteiger partial charge in [-0.25, -0.2) is 0 Å². The normalized spacial score (nSPS) is 21.5. The predicted molar refractivity (Wildman–Crippen MR) is 100 cm³/mol. The van der Waals surface area contributed by atoms with Crippen LogP contribution in [0.15, 0.2) is 84.8 Å². The Labute approximate surface area is 149 Å². The minimum Gasteiger partial charge on any atom is -0.466 e. The number of hydrogen-bond acceptors (Lipinski definition) is 3. The van der Waals surface area contributed by atoms with Crippen LogP contribution in [-0.2, 0) is 9.47 Å². The summed E-state index contributed by atoms with van der Waals surface area (Å²) in [6.07, 6.45) is 17.1. The molecule has 3 aliphatic rings. The number of allylic oxidation sites excluding steroid dienone is 3. The summed E-state index contributed by atoms with van der Waals surface area (Å²) in [6.45, 7) is 1.94. The molecular formula is C22H23NO2. The Hall–Kier alpha value is -2.52. The van der Waals surface area contributed by atoms with Crippen LogP contribution in [-0.4, -0.2) is 24.0 Å². The molecule has 1 aliphatic carbocycles. The quantitative estimate of drug-likeness (QED) is 0.791. The molecule has 25 heavy (non-hydrogen) atoms. The summed E-state index contributed by atoms with van der Waals surface area (Å²) in [5, 5.41) is 0. The molecule has 128 valence electrons. The number of hydrogen-bond donors (Lipinski definition) is 0. The maximum atomic E-state index is 5.82. The van der Waals surface area contributed by atoms with Crippen molar-refractivity contribution in [3.8, 4) is 0 Å². The van der Waals surface area contributed by atoms with Crippen molar-refractivity contribution < 1.29 is 9.47 Å². The van der Waals surface area contributed by atoms with Gasteiger partial charge in [0.15, 0.2) is 5.76 Å². The maximum Gasteiger partial charge on any atom is 0.160 e. The molecule has 0 amide bonds. The molecule has 1 aromatic rings. The first kappa shape index (κ1) is 16.0. The average molecular weight is 333 g/mol. The van der Waals surface area contributed by atoms with E-state index in [1.807, 2.05) is 0 Å². The zero-order chi connectivity index (χ0) is 16.9. The van der Waals surface area contributed by atoms with Crippen molar-refractivity contribution in [1.29, 1.82) is 0 Å². The first-order valence-corrected chi connectivity index (χ1v) is 8.93. The van der Waals surface area contributed by atoms with Crippen molar-refractivity contribution in [3.05, 3.63) is 90.3 Å². The lowest BCUT2D eigenvalue weighted by Gasteiger charge is -2.37. The lowest BCUT2D eigenvalue weighted by atomic mass is 9.92. The molecule has 3 nitrogen and oxygen atoms in total. The van der Waals surface area contributed by atoms with Crippen molar-refractivity contribution in [2.75, 3.05) is 13.1 Å². The SMILES string of the molecule is C1=CCCC(C(C2=COC=CO2)N2CCC=C(c3ccccc3)C2)=C1. The van der Waals surface area contributed by atoms with Gasteiger partial charge in [-0.1, -0.05) is 54.6 Å². The van der Waals surface area contributed by atoms with Gasteiger partial charge in [-0.3, -0.25) is 4.90 Å². The van der Waals surface area contributed by atoms with Crippen LogP contribution in [0.2, 0.25) is 0 Å². The summed E-state index contributed by atoms with van der Waals surface area (Å²) in [5.41, 5.74) is 4.08. The van der Waals surface area contributed by atoms with Gasteiger partial charge in [-0.15, -0.1) is 0 Å². The molecule has 3 heteroatoms. The summed E-state index contributed by atoms with van der Waals surface area (Å²) < 4.78 is 11.2. The molecule has 0 saturated heterocycles. The van der Waals surface area contributed by atoms with E-state index in [-0.39, 0.29) is 6.04 Å². The van der Waals surface area contributed by atoms with E-state index in [9.17, 15) is 0 Å². The highest BCUT2D eigenvalue weighted by molar-refractivity contribution is 5.67. The standard InChI is InChI=1S/C22H23NO2/c1-3-8-18(9-4-1)20-12-7-13-23(16-20)22(19-10-5-2-6-11-19)21-17-24-14-15-25-21/h1-5,8-10,12,14-15,17,22H,6-7,11,13,16H2. The Kier molecular flexibility index (Phi) is 4.84. The number of ether oxygens (including phenoxy) is 2. The molecule has 1 unspecified atom stereocenters. The third-order valence-electron chi connectivity index (χ3n) is 4.88. The van der Waals surface area contributed by atoms with Crippen LogP contribution in [0, 0.1) is 0 Å². The highest BCUT2D eigenvalue weighted by Crippen LogP contribution is 2.31. The first-order chi connectivity index (χ1) is 12.4. The Morgan fingerprint density at radius 1 is 1.04 bits per heavy atom. The van der Waals surface area contributed by atoms with Crippen molar-refractivity contribution >= 4 is 5.57 Å². The summed E-state index contributed by atoms with van der Waals surface area (Å²) in [6, 6.07) is 10.8. The van der Waals surface area contributed by atoms with Crippen LogP contribution < -0.4 is 0 Å². The van der Waals surface area contributed by atoms with Crippen LogP contribution in [0.5, 0.6) is 0 Å². The van der Waals surface area contributed by atoms with Crippen molar-refractivity contribution in [2.45, 2.75) is 25.3 Å². The first-order valence-electron chi connectivity index (χ1n) is 8.93. The molecule has 1 atom stereocenters. The van der Waals surface area contributed by atoms with Crippen LogP contribution in [0.3, 0.4) is 0 Å². The molecule has 1 aromatic carbocycles. The van der Waals surface area contributed by atoms with Crippen molar-refractivity contribution in [3.63, 3.8) is 0 Å². The topological polar surface area (TPSA) is 21.7 Å². The third kappa shape index (κ3) is 3.62. The Balaban J connectivity index is 1.61. The molecular weight excluding hydrogens is 310 g/mol. The molecule has 0 aromatic heterocycles. The lowest BCUT2D eigenvalue weighted by molar-refractivity contribution is 0.170. The smallest absolute Gasteiger partial charge is 0.160 e. The Morgan fingerprint density at radius 2 is 1.96 bits per heavy atom. The fourth-order valence-corrected chi connectivity index (χ4v) is 3.70. The zero-order valence-electron chi connectivity index (χ0n) is 14.3. The van der Waals surface area contributed by atoms with Crippen LogP contribution >= 0.6 is 0 Å². The Morgan fingerprint density at radius 3 is 2.72 bits per heavy atom. The van der Waals surface area contributed by atoms with E-state index in [1.165, 1.54) is 16.7 Å². The summed E-state index contributed by atoms with van der Waals surface area (Å²) in [7, 11) is 0. The van der Waals surface area contributed by atoms with Gasteiger partial charge in [0.05, 0.1) is 6.04 Å². The monoisotopic (exact) mass is 333 g/mol. The maximum absolute atomic E-state index is 5.82. The molecule has 2 heterocycles. The van der Waals surface area contributed by atoms with E-state index >= 15 is 0 Å². The minimum atomic E-state index is 0.127. The largest absolute Gasteiger partial charge is 0.466 e. The average Bonchev–Trinajstić information content (AvgIpc) is 2.71. The van der Waals surface area contributed by atoms with E-state index in [0.29, 0.717) is 0 Å². The van der Waals surface area contributed by atoms with Crippen molar-refractivity contribution in [2.24, 2.45) is 0 Å². The van der Waals surface area contributed by atoms with Gasteiger partial charge in [0, 0.05) is 13.1 Å². The number of benzene rings is 1. The predicted octanol–water partition coefficient (Wildman–Crippen LogP) is 4.78. The van der Waals surface area contributed by atoms with Crippen LogP contribution in [0.4, 0.5) is 0 Å². The van der Waals surface area contributed by atoms with Gasteiger partial charge < -0.3 is 9.47 Å².